The normalized spacial score (nSPS) is 19.7. The molecule has 3 nitrogen and oxygen atoms in total. The number of unbranched alkanes of at least 4 members (excludes halogenated alkanes) is 2. The number of rotatable bonds is 10. The molecule has 0 aromatic carbocycles. The molecule has 1 N–H and O–H groups in total. The van der Waals surface area contributed by atoms with E-state index < -0.39 is 0 Å². The van der Waals surface area contributed by atoms with Crippen molar-refractivity contribution < 1.29 is 0 Å². The minimum atomic E-state index is 0.450. The highest BCUT2D eigenvalue weighted by Gasteiger charge is 2.40. The maximum absolute atomic E-state index is 3.60. The second kappa shape index (κ2) is 8.23. The van der Waals surface area contributed by atoms with E-state index >= 15 is 0 Å². The third-order valence-electron chi connectivity index (χ3n) is 4.93. The van der Waals surface area contributed by atoms with Gasteiger partial charge in [0.2, 0.25) is 0 Å². The van der Waals surface area contributed by atoms with Crippen molar-refractivity contribution >= 4 is 0 Å². The lowest BCUT2D eigenvalue weighted by Crippen LogP contribution is -2.58. The average molecular weight is 269 g/mol. The van der Waals surface area contributed by atoms with Gasteiger partial charge in [-0.1, -0.05) is 19.8 Å². The minimum absolute atomic E-state index is 0.450. The summed E-state index contributed by atoms with van der Waals surface area (Å²) in [5.74, 6) is 0. The summed E-state index contributed by atoms with van der Waals surface area (Å²) in [7, 11) is 6.75. The highest BCUT2D eigenvalue weighted by atomic mass is 15.2. The van der Waals surface area contributed by atoms with Gasteiger partial charge in [0.05, 0.1) is 0 Å². The second-order valence-electron chi connectivity index (χ2n) is 6.65. The van der Waals surface area contributed by atoms with Gasteiger partial charge in [0.1, 0.15) is 0 Å². The van der Waals surface area contributed by atoms with Gasteiger partial charge in [0, 0.05) is 24.7 Å². The Labute approximate surface area is 120 Å². The average Bonchev–Trinajstić information content (AvgIpc) is 2.32. The molecule has 1 atom stereocenters. The fourth-order valence-corrected chi connectivity index (χ4v) is 2.92. The van der Waals surface area contributed by atoms with Gasteiger partial charge in [-0.25, -0.2) is 0 Å². The molecule has 1 aliphatic rings. The van der Waals surface area contributed by atoms with Crippen LogP contribution in [0.15, 0.2) is 0 Å². The lowest BCUT2D eigenvalue weighted by atomic mass is 9.75. The van der Waals surface area contributed by atoms with E-state index in [1.54, 1.807) is 0 Å². The zero-order valence-corrected chi connectivity index (χ0v) is 13.8. The number of likely N-dealkylation sites (N-methyl/N-ethyl adjacent to an activating group) is 2. The maximum Gasteiger partial charge on any atom is 0.0330 e. The molecule has 1 aliphatic carbocycles. The Balaban J connectivity index is 2.22. The predicted octanol–water partition coefficient (Wildman–Crippen LogP) is 2.57. The van der Waals surface area contributed by atoms with E-state index in [9.17, 15) is 0 Å². The molecule has 3 heteroatoms. The molecule has 0 heterocycles. The fourth-order valence-electron chi connectivity index (χ4n) is 2.92. The molecule has 19 heavy (non-hydrogen) atoms. The van der Waals surface area contributed by atoms with E-state index in [-0.39, 0.29) is 0 Å². The summed E-state index contributed by atoms with van der Waals surface area (Å²) >= 11 is 0. The van der Waals surface area contributed by atoms with Crippen molar-refractivity contribution in [3.63, 3.8) is 0 Å². The molecule has 1 unspecified atom stereocenters. The molecule has 0 amide bonds. The van der Waals surface area contributed by atoms with Gasteiger partial charge in [-0.3, -0.25) is 0 Å². The van der Waals surface area contributed by atoms with Crippen LogP contribution in [0.5, 0.6) is 0 Å². The van der Waals surface area contributed by atoms with Crippen molar-refractivity contribution in [2.75, 3.05) is 40.8 Å². The first-order valence-electron chi connectivity index (χ1n) is 8.10. The topological polar surface area (TPSA) is 18.5 Å². The number of hydrogen-bond donors (Lipinski definition) is 1. The Morgan fingerprint density at radius 1 is 1.16 bits per heavy atom. The van der Waals surface area contributed by atoms with Crippen LogP contribution in [0.1, 0.15) is 52.4 Å². The first-order chi connectivity index (χ1) is 9.02. The molecule has 114 valence electrons. The zero-order chi connectivity index (χ0) is 14.3. The summed E-state index contributed by atoms with van der Waals surface area (Å²) in [5, 5.41) is 3.60. The highest BCUT2D eigenvalue weighted by Crippen LogP contribution is 2.36. The van der Waals surface area contributed by atoms with E-state index in [1.807, 2.05) is 0 Å². The first kappa shape index (κ1) is 16.9. The van der Waals surface area contributed by atoms with Crippen LogP contribution in [0.4, 0.5) is 0 Å². The molecule has 1 rings (SSSR count). The van der Waals surface area contributed by atoms with Crippen molar-refractivity contribution in [3.8, 4) is 0 Å². The number of nitrogens with one attached hydrogen (secondary N) is 1. The fraction of sp³-hybridized carbons (Fsp3) is 1.00. The van der Waals surface area contributed by atoms with Gasteiger partial charge in [-0.15, -0.1) is 0 Å². The van der Waals surface area contributed by atoms with Crippen molar-refractivity contribution in [2.24, 2.45) is 0 Å². The predicted molar refractivity (Wildman–Crippen MR) is 84.8 cm³/mol. The summed E-state index contributed by atoms with van der Waals surface area (Å²) < 4.78 is 0. The van der Waals surface area contributed by atoms with E-state index in [0.717, 1.165) is 6.54 Å². The molecule has 0 aromatic heterocycles. The highest BCUT2D eigenvalue weighted by molar-refractivity contribution is 4.98. The minimum Gasteiger partial charge on any atom is -0.315 e. The van der Waals surface area contributed by atoms with Crippen LogP contribution in [0.2, 0.25) is 0 Å². The van der Waals surface area contributed by atoms with Gasteiger partial charge in [0.15, 0.2) is 0 Å². The van der Waals surface area contributed by atoms with Gasteiger partial charge in [-0.05, 0) is 60.3 Å². The van der Waals surface area contributed by atoms with Crippen molar-refractivity contribution in [1.82, 2.24) is 15.1 Å². The monoisotopic (exact) mass is 269 g/mol. The molecule has 0 saturated heterocycles. The van der Waals surface area contributed by atoms with Crippen LogP contribution in [0, 0.1) is 0 Å². The smallest absolute Gasteiger partial charge is 0.0330 e. The Morgan fingerprint density at radius 2 is 1.84 bits per heavy atom. The molecule has 1 saturated carbocycles. The van der Waals surface area contributed by atoms with Crippen LogP contribution in [0.25, 0.3) is 0 Å². The van der Waals surface area contributed by atoms with Crippen molar-refractivity contribution in [1.29, 1.82) is 0 Å². The molecular weight excluding hydrogens is 234 g/mol. The van der Waals surface area contributed by atoms with Gasteiger partial charge in [-0.2, -0.15) is 0 Å². The van der Waals surface area contributed by atoms with Crippen LogP contribution >= 0.6 is 0 Å². The summed E-state index contributed by atoms with van der Waals surface area (Å²) in [6, 6.07) is 0.624. The molecule has 0 radical (unpaired) electrons. The molecule has 0 aromatic rings. The molecular formula is C16H35N3. The largest absolute Gasteiger partial charge is 0.315 e. The lowest BCUT2D eigenvalue weighted by molar-refractivity contribution is 0.0182. The molecule has 0 bridgehead atoms. The molecule has 0 spiro atoms. The zero-order valence-electron chi connectivity index (χ0n) is 13.8. The van der Waals surface area contributed by atoms with Gasteiger partial charge < -0.3 is 15.1 Å². The van der Waals surface area contributed by atoms with Crippen LogP contribution in [-0.4, -0.2) is 62.2 Å². The standard InChI is InChI=1S/C16H35N3/c1-6-7-8-12-17-13-15(2)19(5)14-16(18(3)4)10-9-11-16/h15,17H,6-14H2,1-5H3. The van der Waals surface area contributed by atoms with Crippen LogP contribution < -0.4 is 5.32 Å². The SMILES string of the molecule is CCCCCNCC(C)N(C)CC1(N(C)C)CCC1. The lowest BCUT2D eigenvalue weighted by Gasteiger charge is -2.50. The van der Waals surface area contributed by atoms with Crippen molar-refractivity contribution in [3.05, 3.63) is 0 Å². The third kappa shape index (κ3) is 5.05. The van der Waals surface area contributed by atoms with E-state index in [2.05, 4.69) is 50.1 Å². The van der Waals surface area contributed by atoms with Crippen molar-refractivity contribution in [2.45, 2.75) is 64.0 Å². The maximum atomic E-state index is 3.60. The van der Waals surface area contributed by atoms with Gasteiger partial charge in [0.25, 0.3) is 0 Å². The molecule has 1 fully saturated rings. The Hall–Kier alpha value is -0.120. The van der Waals surface area contributed by atoms with E-state index in [4.69, 9.17) is 0 Å². The Bertz CT molecular complexity index is 236. The first-order valence-corrected chi connectivity index (χ1v) is 8.10. The molecule has 0 aliphatic heterocycles. The second-order valence-corrected chi connectivity index (χ2v) is 6.65. The quantitative estimate of drug-likeness (QED) is 0.615. The Morgan fingerprint density at radius 3 is 2.32 bits per heavy atom. The van der Waals surface area contributed by atoms with Crippen LogP contribution in [0.3, 0.4) is 0 Å². The Kier molecular flexibility index (Phi) is 7.33. The summed E-state index contributed by atoms with van der Waals surface area (Å²) in [6.45, 7) is 8.09. The number of nitrogens with zero attached hydrogens (tertiary/aromatic N) is 2. The summed E-state index contributed by atoms with van der Waals surface area (Å²) in [6.07, 6.45) is 8.09. The van der Waals surface area contributed by atoms with Crippen LogP contribution in [-0.2, 0) is 0 Å². The van der Waals surface area contributed by atoms with Gasteiger partial charge >= 0.3 is 0 Å². The van der Waals surface area contributed by atoms with E-state index in [0.29, 0.717) is 11.6 Å². The summed E-state index contributed by atoms with van der Waals surface area (Å²) in [4.78, 5) is 4.97. The third-order valence-corrected chi connectivity index (χ3v) is 4.93. The number of hydrogen-bond acceptors (Lipinski definition) is 3. The van der Waals surface area contributed by atoms with E-state index in [1.165, 1.54) is 51.6 Å². The summed E-state index contributed by atoms with van der Waals surface area (Å²) in [5.41, 5.74) is 0.450.